The van der Waals surface area contributed by atoms with Gasteiger partial charge in [0.05, 0.1) is 52.9 Å². The molecular weight excluding hydrogens is 418 g/mol. The van der Waals surface area contributed by atoms with Crippen LogP contribution in [0.1, 0.15) is 13.8 Å². The molecule has 11 heteroatoms. The van der Waals surface area contributed by atoms with Crippen molar-refractivity contribution < 1.29 is 67.7 Å². The molecule has 0 atom stereocenters. The van der Waals surface area contributed by atoms with E-state index in [0.29, 0.717) is 66.1 Å². The molecule has 0 aromatic carbocycles. The molecule has 0 saturated heterocycles. The van der Waals surface area contributed by atoms with Gasteiger partial charge in [0.2, 0.25) is 0 Å². The average Bonchev–Trinajstić information content (AvgIpc) is 2.60. The summed E-state index contributed by atoms with van der Waals surface area (Å²) in [6.07, 6.45) is 0. The Balaban J connectivity index is -0.000000411. The van der Waals surface area contributed by atoms with Gasteiger partial charge in [-0.05, 0) is 13.8 Å². The zero-order chi connectivity index (χ0) is 19.9. The molecule has 0 unspecified atom stereocenters. The van der Waals surface area contributed by atoms with Crippen molar-refractivity contribution >= 4 is 11.9 Å². The Kier molecular flexibility index (Phi) is 31.7. The second-order valence-electron chi connectivity index (χ2n) is 4.51. The quantitative estimate of drug-likeness (QED) is 0.222. The molecule has 10 nitrogen and oxygen atoms in total. The molecule has 0 fully saturated rings. The predicted octanol–water partition coefficient (Wildman–Crippen LogP) is 0.279. The minimum Gasteiger partial charge on any atom is -0.480 e. The van der Waals surface area contributed by atoms with Gasteiger partial charge < -0.3 is 38.6 Å². The maximum absolute atomic E-state index is 9.99. The normalized spacial score (nSPS) is 9.85. The average molecular weight is 450 g/mol. The van der Waals surface area contributed by atoms with Gasteiger partial charge >= 0.3 is 11.9 Å². The number of ether oxygens (including phenoxy) is 6. The third-order valence-electron chi connectivity index (χ3n) is 2.35. The fraction of sp³-hybridized carbons (Fsp3) is 0.875. The van der Waals surface area contributed by atoms with Crippen molar-refractivity contribution in [3.05, 3.63) is 0 Å². The molecule has 0 aliphatic heterocycles. The van der Waals surface area contributed by atoms with Crippen LogP contribution in [-0.2, 0) is 57.5 Å². The number of carboxylic acids is 2. The summed E-state index contributed by atoms with van der Waals surface area (Å²) >= 11 is 0. The molecule has 0 saturated carbocycles. The molecule has 0 aliphatic rings. The molecule has 0 bridgehead atoms. The topological polar surface area (TPSA) is 130 Å². The van der Waals surface area contributed by atoms with Crippen LogP contribution in [0.4, 0.5) is 0 Å². The molecule has 27 heavy (non-hydrogen) atoms. The molecule has 0 aromatic heterocycles. The second kappa shape index (κ2) is 27.5. The Morgan fingerprint density at radius 2 is 0.815 bits per heavy atom. The summed E-state index contributed by atoms with van der Waals surface area (Å²) in [6.45, 7) is 8.23. The number of carbonyl (C=O) groups is 2. The molecule has 0 rings (SSSR count). The number of carboxylic acid groups (broad SMARTS) is 2. The molecule has 0 spiro atoms. The van der Waals surface area contributed by atoms with Crippen molar-refractivity contribution in [2.45, 2.75) is 13.8 Å². The van der Waals surface area contributed by atoms with Crippen molar-refractivity contribution in [3.63, 3.8) is 0 Å². The van der Waals surface area contributed by atoms with Gasteiger partial charge in [0.25, 0.3) is 0 Å². The van der Waals surface area contributed by atoms with Crippen molar-refractivity contribution in [3.8, 4) is 0 Å². The van der Waals surface area contributed by atoms with E-state index in [1.165, 1.54) is 0 Å². The van der Waals surface area contributed by atoms with Crippen LogP contribution in [0.3, 0.4) is 0 Å². The van der Waals surface area contributed by atoms with Gasteiger partial charge in [-0.25, -0.2) is 9.59 Å². The van der Waals surface area contributed by atoms with Crippen LogP contribution >= 0.6 is 0 Å². The van der Waals surface area contributed by atoms with Crippen LogP contribution in [0.15, 0.2) is 0 Å². The van der Waals surface area contributed by atoms with Gasteiger partial charge in [-0.15, -0.1) is 0 Å². The Labute approximate surface area is 173 Å². The summed E-state index contributed by atoms with van der Waals surface area (Å²) in [5.74, 6) is -1.93. The minimum atomic E-state index is -0.964. The standard InChI is InChI=1S/2C8H16O5.Zn/c2*1-2-11-3-4-12-5-6-13-7-8(9)10;/h2*2-7H2,1H3,(H,9,10);. The zero-order valence-corrected chi connectivity index (χ0v) is 19.3. The monoisotopic (exact) mass is 448 g/mol. The van der Waals surface area contributed by atoms with E-state index in [0.717, 1.165) is 0 Å². The van der Waals surface area contributed by atoms with Crippen LogP contribution in [0.2, 0.25) is 0 Å². The molecule has 0 aromatic rings. The number of rotatable bonds is 18. The van der Waals surface area contributed by atoms with E-state index in [4.69, 9.17) is 38.6 Å². The molecule has 158 valence electrons. The second-order valence-corrected chi connectivity index (χ2v) is 4.51. The van der Waals surface area contributed by atoms with E-state index < -0.39 is 11.9 Å². The van der Waals surface area contributed by atoms with Crippen molar-refractivity contribution in [2.24, 2.45) is 0 Å². The maximum Gasteiger partial charge on any atom is 0.329 e. The first-order chi connectivity index (χ1) is 12.5. The maximum atomic E-state index is 9.99. The Morgan fingerprint density at radius 1 is 0.556 bits per heavy atom. The van der Waals surface area contributed by atoms with E-state index in [-0.39, 0.29) is 32.7 Å². The van der Waals surface area contributed by atoms with Crippen molar-refractivity contribution in [2.75, 3.05) is 79.3 Å². The molecule has 0 radical (unpaired) electrons. The molecule has 2 N–H and O–H groups in total. The van der Waals surface area contributed by atoms with E-state index in [9.17, 15) is 9.59 Å². The summed E-state index contributed by atoms with van der Waals surface area (Å²) in [6, 6.07) is 0. The Bertz CT molecular complexity index is 288. The summed E-state index contributed by atoms with van der Waals surface area (Å²) < 4.78 is 29.7. The minimum absolute atomic E-state index is 0. The number of hydrogen-bond acceptors (Lipinski definition) is 8. The summed E-state index contributed by atoms with van der Waals surface area (Å²) in [5.41, 5.74) is 0. The summed E-state index contributed by atoms with van der Waals surface area (Å²) in [5, 5.41) is 16.4. The first-order valence-electron chi connectivity index (χ1n) is 8.44. The van der Waals surface area contributed by atoms with Gasteiger partial charge in [-0.1, -0.05) is 0 Å². The van der Waals surface area contributed by atoms with Crippen LogP contribution < -0.4 is 0 Å². The van der Waals surface area contributed by atoms with E-state index in [2.05, 4.69) is 0 Å². The molecule has 0 amide bonds. The summed E-state index contributed by atoms with van der Waals surface area (Å²) in [4.78, 5) is 20.0. The SMILES string of the molecule is CCOCCOCCOCC(=O)O.CCOCCOCCOCC(=O)O.[Zn]. The largest absolute Gasteiger partial charge is 0.480 e. The predicted molar refractivity (Wildman–Crippen MR) is 91.5 cm³/mol. The number of hydrogen-bond donors (Lipinski definition) is 2. The number of aliphatic carboxylic acids is 2. The smallest absolute Gasteiger partial charge is 0.329 e. The fourth-order valence-electron chi connectivity index (χ4n) is 1.28. The third-order valence-corrected chi connectivity index (χ3v) is 2.35. The van der Waals surface area contributed by atoms with E-state index >= 15 is 0 Å². The first kappa shape index (κ1) is 31.0. The molecule has 0 heterocycles. The van der Waals surface area contributed by atoms with E-state index in [1.54, 1.807) is 0 Å². The van der Waals surface area contributed by atoms with Gasteiger partial charge in [0, 0.05) is 32.7 Å². The van der Waals surface area contributed by atoms with Gasteiger partial charge in [0.1, 0.15) is 13.2 Å². The third kappa shape index (κ3) is 36.9. The molecule has 0 aliphatic carbocycles. The summed E-state index contributed by atoms with van der Waals surface area (Å²) in [7, 11) is 0. The van der Waals surface area contributed by atoms with Crippen LogP contribution in [-0.4, -0.2) is 101 Å². The molecular formula is C16H32O10Zn. The zero-order valence-electron chi connectivity index (χ0n) is 16.4. The van der Waals surface area contributed by atoms with Crippen molar-refractivity contribution in [1.82, 2.24) is 0 Å². The first-order valence-corrected chi connectivity index (χ1v) is 8.44. The van der Waals surface area contributed by atoms with Gasteiger partial charge in [-0.3, -0.25) is 0 Å². The van der Waals surface area contributed by atoms with Gasteiger partial charge in [0.15, 0.2) is 0 Å². The van der Waals surface area contributed by atoms with Crippen LogP contribution in [0.5, 0.6) is 0 Å². The Hall–Kier alpha value is -0.677. The fourth-order valence-corrected chi connectivity index (χ4v) is 1.28. The van der Waals surface area contributed by atoms with Crippen LogP contribution in [0, 0.1) is 0 Å². The Morgan fingerprint density at radius 3 is 1.07 bits per heavy atom. The van der Waals surface area contributed by atoms with Crippen LogP contribution in [0.25, 0.3) is 0 Å². The van der Waals surface area contributed by atoms with Crippen molar-refractivity contribution in [1.29, 1.82) is 0 Å². The van der Waals surface area contributed by atoms with Gasteiger partial charge in [-0.2, -0.15) is 0 Å². The van der Waals surface area contributed by atoms with E-state index in [1.807, 2.05) is 13.8 Å².